The average molecular weight is 401 g/mol. The normalized spacial score (nSPS) is 15.6. The van der Waals surface area contributed by atoms with E-state index < -0.39 is 0 Å². The molecule has 4 heterocycles. The summed E-state index contributed by atoms with van der Waals surface area (Å²) in [5.41, 5.74) is 4.26. The standard InChI is InChI=1S/C23H23N5O2/c29-18-11-14-26(15-12-18)16-28-21(30)10-9-19(24-28)22-20-8-4-5-13-27(20)25-23(22)17-6-2-1-3-7-17/h1-10,13,18,29H,11-12,14-16H2. The van der Waals surface area contributed by atoms with Crippen LogP contribution in [0.3, 0.4) is 0 Å². The van der Waals surface area contributed by atoms with Crippen molar-refractivity contribution in [1.29, 1.82) is 0 Å². The summed E-state index contributed by atoms with van der Waals surface area (Å²) in [7, 11) is 0. The molecule has 0 bridgehead atoms. The molecule has 0 spiro atoms. The first-order chi connectivity index (χ1) is 14.7. The number of pyridine rings is 1. The van der Waals surface area contributed by atoms with Gasteiger partial charge in [-0.05, 0) is 31.0 Å². The number of hydrogen-bond donors (Lipinski definition) is 1. The highest BCUT2D eigenvalue weighted by molar-refractivity contribution is 5.90. The van der Waals surface area contributed by atoms with E-state index in [4.69, 9.17) is 10.2 Å². The summed E-state index contributed by atoms with van der Waals surface area (Å²) in [5, 5.41) is 19.2. The first kappa shape index (κ1) is 18.7. The van der Waals surface area contributed by atoms with Crippen LogP contribution in [0.25, 0.3) is 28.0 Å². The van der Waals surface area contributed by atoms with Crippen molar-refractivity contribution < 1.29 is 5.11 Å². The van der Waals surface area contributed by atoms with Crippen LogP contribution < -0.4 is 5.56 Å². The Morgan fingerprint density at radius 2 is 1.70 bits per heavy atom. The van der Waals surface area contributed by atoms with Gasteiger partial charge in [0.25, 0.3) is 5.56 Å². The lowest BCUT2D eigenvalue weighted by Gasteiger charge is -2.29. The van der Waals surface area contributed by atoms with E-state index in [1.54, 1.807) is 12.1 Å². The molecule has 1 aliphatic rings. The van der Waals surface area contributed by atoms with Crippen LogP contribution in [0.5, 0.6) is 0 Å². The lowest BCUT2D eigenvalue weighted by atomic mass is 10.0. The molecule has 0 atom stereocenters. The Hall–Kier alpha value is -3.29. The third-order valence-electron chi connectivity index (χ3n) is 5.60. The summed E-state index contributed by atoms with van der Waals surface area (Å²) in [6, 6.07) is 19.3. The zero-order valence-corrected chi connectivity index (χ0v) is 16.6. The second-order valence-corrected chi connectivity index (χ2v) is 7.67. The Kier molecular flexibility index (Phi) is 4.90. The van der Waals surface area contributed by atoms with Crippen LogP contribution in [-0.2, 0) is 6.67 Å². The molecule has 1 fully saturated rings. The Morgan fingerprint density at radius 1 is 0.933 bits per heavy atom. The average Bonchev–Trinajstić information content (AvgIpc) is 3.17. The highest BCUT2D eigenvalue weighted by Gasteiger charge is 2.20. The van der Waals surface area contributed by atoms with Gasteiger partial charge in [0.1, 0.15) is 5.69 Å². The molecule has 1 aromatic carbocycles. The molecule has 5 rings (SSSR count). The molecule has 0 aliphatic carbocycles. The number of piperidine rings is 1. The minimum absolute atomic E-state index is 0.136. The quantitative estimate of drug-likeness (QED) is 0.569. The van der Waals surface area contributed by atoms with Crippen LogP contribution in [0.1, 0.15) is 12.8 Å². The molecule has 3 aromatic heterocycles. The predicted octanol–water partition coefficient (Wildman–Crippen LogP) is 2.64. The van der Waals surface area contributed by atoms with E-state index >= 15 is 0 Å². The number of aliphatic hydroxyl groups is 1. The topological polar surface area (TPSA) is 75.7 Å². The molecular weight excluding hydrogens is 378 g/mol. The lowest BCUT2D eigenvalue weighted by Crippen LogP contribution is -2.40. The molecule has 30 heavy (non-hydrogen) atoms. The minimum atomic E-state index is -0.246. The molecule has 1 N–H and O–H groups in total. The minimum Gasteiger partial charge on any atom is -0.393 e. The van der Waals surface area contributed by atoms with Crippen molar-refractivity contribution in [2.45, 2.75) is 25.6 Å². The van der Waals surface area contributed by atoms with Crippen molar-refractivity contribution in [2.75, 3.05) is 13.1 Å². The third-order valence-corrected chi connectivity index (χ3v) is 5.60. The molecule has 152 valence electrons. The second kappa shape index (κ2) is 7.85. The fraction of sp³-hybridized carbons (Fsp3) is 0.261. The number of aliphatic hydroxyl groups excluding tert-OH is 1. The van der Waals surface area contributed by atoms with E-state index in [2.05, 4.69) is 4.90 Å². The molecule has 1 saturated heterocycles. The van der Waals surface area contributed by atoms with Crippen LogP contribution in [0.4, 0.5) is 0 Å². The van der Waals surface area contributed by atoms with Crippen LogP contribution in [0, 0.1) is 0 Å². The van der Waals surface area contributed by atoms with Crippen molar-refractivity contribution in [3.05, 3.63) is 77.2 Å². The summed E-state index contributed by atoms with van der Waals surface area (Å²) in [6.45, 7) is 1.93. The lowest BCUT2D eigenvalue weighted by molar-refractivity contribution is 0.0645. The Morgan fingerprint density at radius 3 is 2.50 bits per heavy atom. The molecule has 0 saturated carbocycles. The molecular formula is C23H23N5O2. The maximum absolute atomic E-state index is 12.5. The van der Waals surface area contributed by atoms with Gasteiger partial charge in [0.05, 0.1) is 29.5 Å². The van der Waals surface area contributed by atoms with E-state index in [9.17, 15) is 9.90 Å². The van der Waals surface area contributed by atoms with Crippen LogP contribution in [-0.4, -0.2) is 48.6 Å². The molecule has 0 radical (unpaired) electrons. The van der Waals surface area contributed by atoms with Crippen molar-refractivity contribution in [3.63, 3.8) is 0 Å². The number of nitrogens with zero attached hydrogens (tertiary/aromatic N) is 5. The van der Waals surface area contributed by atoms with Gasteiger partial charge in [0, 0.05) is 30.9 Å². The molecule has 7 nitrogen and oxygen atoms in total. The SMILES string of the molecule is O=c1ccc(-c2c(-c3ccccc3)nn3ccccc23)nn1CN1CCC(O)CC1. The molecule has 0 unspecified atom stereocenters. The number of hydrogen-bond acceptors (Lipinski definition) is 5. The van der Waals surface area contributed by atoms with Gasteiger partial charge in [-0.3, -0.25) is 9.69 Å². The first-order valence-electron chi connectivity index (χ1n) is 10.2. The van der Waals surface area contributed by atoms with E-state index in [1.165, 1.54) is 4.68 Å². The van der Waals surface area contributed by atoms with Crippen molar-refractivity contribution >= 4 is 5.52 Å². The maximum atomic E-state index is 12.5. The second-order valence-electron chi connectivity index (χ2n) is 7.67. The van der Waals surface area contributed by atoms with Crippen LogP contribution >= 0.6 is 0 Å². The molecule has 7 heteroatoms. The van der Waals surface area contributed by atoms with Crippen molar-refractivity contribution in [2.24, 2.45) is 0 Å². The Labute approximate surface area is 173 Å². The summed E-state index contributed by atoms with van der Waals surface area (Å²) >= 11 is 0. The predicted molar refractivity (Wildman–Crippen MR) is 115 cm³/mol. The van der Waals surface area contributed by atoms with E-state index in [0.717, 1.165) is 48.3 Å². The maximum Gasteiger partial charge on any atom is 0.268 e. The number of rotatable bonds is 4. The summed E-state index contributed by atoms with van der Waals surface area (Å²) in [4.78, 5) is 14.7. The first-order valence-corrected chi connectivity index (χ1v) is 10.2. The zero-order valence-electron chi connectivity index (χ0n) is 16.6. The summed E-state index contributed by atoms with van der Waals surface area (Å²) in [5.74, 6) is 0. The third kappa shape index (κ3) is 3.53. The fourth-order valence-corrected chi connectivity index (χ4v) is 3.98. The van der Waals surface area contributed by atoms with Gasteiger partial charge in [0.15, 0.2) is 0 Å². The Bertz CT molecular complexity index is 1220. The van der Waals surface area contributed by atoms with Gasteiger partial charge in [-0.15, -0.1) is 0 Å². The van der Waals surface area contributed by atoms with Gasteiger partial charge in [-0.25, -0.2) is 9.20 Å². The van der Waals surface area contributed by atoms with Crippen molar-refractivity contribution in [1.82, 2.24) is 24.3 Å². The van der Waals surface area contributed by atoms with Gasteiger partial charge in [0.2, 0.25) is 0 Å². The van der Waals surface area contributed by atoms with Gasteiger partial charge < -0.3 is 5.11 Å². The molecule has 0 amide bonds. The van der Waals surface area contributed by atoms with Gasteiger partial charge >= 0.3 is 0 Å². The summed E-state index contributed by atoms with van der Waals surface area (Å²) in [6.07, 6.45) is 3.12. The highest BCUT2D eigenvalue weighted by Crippen LogP contribution is 2.33. The van der Waals surface area contributed by atoms with E-state index in [-0.39, 0.29) is 11.7 Å². The molecule has 1 aliphatic heterocycles. The van der Waals surface area contributed by atoms with E-state index in [0.29, 0.717) is 12.4 Å². The van der Waals surface area contributed by atoms with Crippen LogP contribution in [0.15, 0.2) is 71.7 Å². The Balaban J connectivity index is 1.60. The smallest absolute Gasteiger partial charge is 0.268 e. The highest BCUT2D eigenvalue weighted by atomic mass is 16.3. The molecule has 4 aromatic rings. The number of benzene rings is 1. The summed E-state index contributed by atoms with van der Waals surface area (Å²) < 4.78 is 3.36. The fourth-order valence-electron chi connectivity index (χ4n) is 3.98. The number of aromatic nitrogens is 4. The van der Waals surface area contributed by atoms with Crippen LogP contribution in [0.2, 0.25) is 0 Å². The number of likely N-dealkylation sites (tertiary alicyclic amines) is 1. The number of fused-ring (bicyclic) bond motifs is 1. The van der Waals surface area contributed by atoms with Crippen molar-refractivity contribution in [3.8, 4) is 22.5 Å². The van der Waals surface area contributed by atoms with E-state index in [1.807, 2.05) is 59.2 Å². The van der Waals surface area contributed by atoms with Gasteiger partial charge in [-0.2, -0.15) is 10.2 Å². The zero-order chi connectivity index (χ0) is 20.5. The largest absolute Gasteiger partial charge is 0.393 e. The monoisotopic (exact) mass is 401 g/mol. The van der Waals surface area contributed by atoms with Gasteiger partial charge in [-0.1, -0.05) is 36.4 Å².